The van der Waals surface area contributed by atoms with E-state index in [1.165, 1.54) is 35.2 Å². The molecule has 1 fully saturated rings. The van der Waals surface area contributed by atoms with Crippen LogP contribution in [0, 0.1) is 0 Å². The van der Waals surface area contributed by atoms with Gasteiger partial charge in [-0.25, -0.2) is 23.7 Å². The number of rotatable bonds is 4. The Labute approximate surface area is 186 Å². The zero-order valence-corrected chi connectivity index (χ0v) is 17.5. The van der Waals surface area contributed by atoms with E-state index in [2.05, 4.69) is 20.3 Å². The van der Waals surface area contributed by atoms with Crippen LogP contribution in [0.1, 0.15) is 41.0 Å². The molecule has 5 rings (SSSR count). The number of amides is 3. The number of imide groups is 1. The minimum absolute atomic E-state index is 0.161. The average Bonchev–Trinajstić information content (AvgIpc) is 3.31. The van der Waals surface area contributed by atoms with Crippen LogP contribution in [0.5, 0.6) is 0 Å². The van der Waals surface area contributed by atoms with Gasteiger partial charge < -0.3 is 9.47 Å². The highest BCUT2D eigenvalue weighted by Gasteiger charge is 2.39. The summed E-state index contributed by atoms with van der Waals surface area (Å²) < 4.78 is 28.5. The lowest BCUT2D eigenvalue weighted by atomic mass is 10.0. The number of carbonyl (C=O) groups is 3. The van der Waals surface area contributed by atoms with Crippen LogP contribution in [-0.2, 0) is 23.2 Å². The molecule has 2 aromatic heterocycles. The van der Waals surface area contributed by atoms with Crippen molar-refractivity contribution in [2.75, 3.05) is 0 Å². The third-order valence-corrected chi connectivity index (χ3v) is 5.96. The van der Waals surface area contributed by atoms with Gasteiger partial charge in [-0.1, -0.05) is 6.07 Å². The predicted octanol–water partition coefficient (Wildman–Crippen LogP) is 2.24. The lowest BCUT2D eigenvalue weighted by Gasteiger charge is -2.29. The minimum atomic E-state index is -2.79. The molecule has 0 aliphatic carbocycles. The third-order valence-electron chi connectivity index (χ3n) is 5.96. The lowest BCUT2D eigenvalue weighted by molar-refractivity contribution is -0.136. The molecule has 4 heterocycles. The van der Waals surface area contributed by atoms with Crippen molar-refractivity contribution < 1.29 is 23.2 Å². The molecule has 3 amide bonds. The molecule has 0 bridgehead atoms. The van der Waals surface area contributed by atoms with Gasteiger partial charge in [0.05, 0.1) is 11.4 Å². The smallest absolute Gasteiger partial charge is 0.295 e. The number of piperidine rings is 1. The first kappa shape index (κ1) is 20.9. The summed E-state index contributed by atoms with van der Waals surface area (Å²) in [4.78, 5) is 50.2. The van der Waals surface area contributed by atoms with Crippen LogP contribution >= 0.6 is 0 Å². The number of imidazole rings is 1. The molecule has 1 saturated heterocycles. The van der Waals surface area contributed by atoms with Gasteiger partial charge in [0.15, 0.2) is 5.82 Å². The van der Waals surface area contributed by atoms with E-state index in [-0.39, 0.29) is 31.2 Å². The first-order valence-corrected chi connectivity index (χ1v) is 10.2. The van der Waals surface area contributed by atoms with Gasteiger partial charge in [0.25, 0.3) is 12.3 Å². The van der Waals surface area contributed by atoms with Gasteiger partial charge in [-0.3, -0.25) is 19.7 Å². The summed E-state index contributed by atoms with van der Waals surface area (Å²) in [6, 6.07) is 4.25. The van der Waals surface area contributed by atoms with E-state index in [4.69, 9.17) is 0 Å². The number of benzene rings is 1. The number of hydrogen-bond donors (Lipinski definition) is 1. The zero-order chi connectivity index (χ0) is 23.3. The quantitative estimate of drug-likeness (QED) is 0.608. The maximum absolute atomic E-state index is 13.6. The maximum atomic E-state index is 13.6. The van der Waals surface area contributed by atoms with E-state index in [0.29, 0.717) is 33.6 Å². The summed E-state index contributed by atoms with van der Waals surface area (Å²) in [5.41, 5.74) is 2.90. The Morgan fingerprint density at radius 1 is 1.12 bits per heavy atom. The molecule has 1 atom stereocenters. The van der Waals surface area contributed by atoms with Crippen LogP contribution in [-0.4, -0.2) is 48.2 Å². The van der Waals surface area contributed by atoms with Gasteiger partial charge in [0.2, 0.25) is 11.8 Å². The van der Waals surface area contributed by atoms with Gasteiger partial charge in [-0.05, 0) is 24.1 Å². The Kier molecular flexibility index (Phi) is 4.95. The van der Waals surface area contributed by atoms with E-state index in [1.54, 1.807) is 18.2 Å². The summed E-state index contributed by atoms with van der Waals surface area (Å²) in [7, 11) is 1.50. The number of alkyl halides is 2. The summed E-state index contributed by atoms with van der Waals surface area (Å²) in [5, 5.41) is 2.27. The fourth-order valence-electron chi connectivity index (χ4n) is 4.39. The van der Waals surface area contributed by atoms with Gasteiger partial charge in [0.1, 0.15) is 12.4 Å². The van der Waals surface area contributed by atoms with Crippen LogP contribution in [0.3, 0.4) is 0 Å². The standard InChI is InChI=1S/C22H18F2N6O3/c1-29-18(13-7-25-10-26-8-13)17(28-20(29)19(23)24)11-2-3-14-12(6-11)9-30(22(14)33)15-4-5-16(31)27-21(15)32/h2-3,6-8,10,15,19H,4-5,9H2,1H3,(H,27,31,32)/t15-/m1/s1. The zero-order valence-electron chi connectivity index (χ0n) is 17.5. The second-order valence-electron chi connectivity index (χ2n) is 7.93. The normalized spacial score (nSPS) is 18.1. The molecular formula is C22H18F2N6O3. The monoisotopic (exact) mass is 452 g/mol. The van der Waals surface area contributed by atoms with Gasteiger partial charge in [-0.2, -0.15) is 0 Å². The van der Waals surface area contributed by atoms with Crippen LogP contribution < -0.4 is 5.32 Å². The second kappa shape index (κ2) is 7.84. The first-order chi connectivity index (χ1) is 15.8. The van der Waals surface area contributed by atoms with Gasteiger partial charge >= 0.3 is 0 Å². The molecule has 2 aliphatic rings. The fourth-order valence-corrected chi connectivity index (χ4v) is 4.39. The van der Waals surface area contributed by atoms with E-state index in [0.717, 1.165) is 0 Å². The third kappa shape index (κ3) is 3.45. The Morgan fingerprint density at radius 2 is 1.88 bits per heavy atom. The van der Waals surface area contributed by atoms with Crippen LogP contribution in [0.2, 0.25) is 0 Å². The predicted molar refractivity (Wildman–Crippen MR) is 111 cm³/mol. The number of nitrogens with one attached hydrogen (secondary N) is 1. The summed E-state index contributed by atoms with van der Waals surface area (Å²) in [5.74, 6) is -1.56. The Morgan fingerprint density at radius 3 is 2.58 bits per heavy atom. The average molecular weight is 452 g/mol. The van der Waals surface area contributed by atoms with Crippen molar-refractivity contribution in [3.8, 4) is 22.5 Å². The number of carbonyl (C=O) groups excluding carboxylic acids is 3. The highest BCUT2D eigenvalue weighted by atomic mass is 19.3. The number of fused-ring (bicyclic) bond motifs is 1. The molecule has 0 radical (unpaired) electrons. The molecule has 1 aromatic carbocycles. The molecule has 2 aliphatic heterocycles. The van der Waals surface area contributed by atoms with E-state index >= 15 is 0 Å². The molecule has 168 valence electrons. The van der Waals surface area contributed by atoms with Crippen molar-refractivity contribution in [2.24, 2.45) is 7.05 Å². The molecule has 9 nitrogen and oxygen atoms in total. The summed E-state index contributed by atoms with van der Waals surface area (Å²) >= 11 is 0. The Balaban J connectivity index is 1.54. The molecule has 0 saturated carbocycles. The Bertz CT molecular complexity index is 1290. The SMILES string of the molecule is Cn1c(C(F)F)nc(-c2ccc3c(c2)CN([C@@H]2CCC(=O)NC2=O)C3=O)c1-c1cncnc1. The molecule has 11 heteroatoms. The molecule has 3 aromatic rings. The molecule has 0 spiro atoms. The van der Waals surface area contributed by atoms with Crippen molar-refractivity contribution in [1.82, 2.24) is 29.7 Å². The van der Waals surface area contributed by atoms with E-state index < -0.39 is 24.2 Å². The number of hydrogen-bond acceptors (Lipinski definition) is 6. The van der Waals surface area contributed by atoms with E-state index in [1.807, 2.05) is 0 Å². The first-order valence-electron chi connectivity index (χ1n) is 10.2. The van der Waals surface area contributed by atoms with Gasteiger partial charge in [-0.15, -0.1) is 0 Å². The highest BCUT2D eigenvalue weighted by molar-refractivity contribution is 6.05. The summed E-state index contributed by atoms with van der Waals surface area (Å²) in [6.45, 7) is 0.173. The number of nitrogens with zero attached hydrogens (tertiary/aromatic N) is 5. The van der Waals surface area contributed by atoms with Crippen molar-refractivity contribution in [3.05, 3.63) is 53.9 Å². The van der Waals surface area contributed by atoms with Crippen molar-refractivity contribution in [1.29, 1.82) is 0 Å². The molecule has 33 heavy (non-hydrogen) atoms. The van der Waals surface area contributed by atoms with E-state index in [9.17, 15) is 23.2 Å². The molecule has 0 unspecified atom stereocenters. The number of halogens is 2. The number of aromatic nitrogens is 4. The molecule has 1 N–H and O–H groups in total. The van der Waals surface area contributed by atoms with Crippen LogP contribution in [0.4, 0.5) is 8.78 Å². The second-order valence-corrected chi connectivity index (χ2v) is 7.93. The minimum Gasteiger partial charge on any atom is -0.326 e. The lowest BCUT2D eigenvalue weighted by Crippen LogP contribution is -2.52. The topological polar surface area (TPSA) is 110 Å². The molecular weight excluding hydrogens is 434 g/mol. The summed E-state index contributed by atoms with van der Waals surface area (Å²) in [6.07, 6.45) is 2.01. The maximum Gasteiger partial charge on any atom is 0.295 e. The fraction of sp³-hybridized carbons (Fsp3) is 0.273. The highest BCUT2D eigenvalue weighted by Crippen LogP contribution is 2.37. The van der Waals surface area contributed by atoms with Crippen molar-refractivity contribution in [3.63, 3.8) is 0 Å². The Hall–Kier alpha value is -4.02. The van der Waals surface area contributed by atoms with Crippen LogP contribution in [0.25, 0.3) is 22.5 Å². The van der Waals surface area contributed by atoms with Crippen molar-refractivity contribution in [2.45, 2.75) is 31.9 Å². The van der Waals surface area contributed by atoms with Crippen LogP contribution in [0.15, 0.2) is 36.9 Å². The van der Waals surface area contributed by atoms with Gasteiger partial charge in [0, 0.05) is 49.1 Å². The van der Waals surface area contributed by atoms with Crippen molar-refractivity contribution >= 4 is 17.7 Å². The largest absolute Gasteiger partial charge is 0.326 e.